The van der Waals surface area contributed by atoms with Gasteiger partial charge in [-0.25, -0.2) is 0 Å². The molecule has 0 aromatic carbocycles. The molecular formula is C33H39ClN12O5. The Morgan fingerprint density at radius 1 is 0.686 bits per heavy atom. The molecule has 7 N–H and O–H groups in total. The van der Waals surface area contributed by atoms with Gasteiger partial charge in [-0.1, -0.05) is 18.2 Å². The number of hydrogen-bond donors (Lipinski definition) is 7. The molecule has 0 fully saturated rings. The number of guanidine groups is 1. The topological polar surface area (TPSA) is 202 Å². The van der Waals surface area contributed by atoms with Crippen molar-refractivity contribution in [3.63, 3.8) is 0 Å². The van der Waals surface area contributed by atoms with Crippen molar-refractivity contribution in [3.05, 3.63) is 83.4 Å². The molecule has 4 aromatic heterocycles. The number of nitrogens with zero attached hydrogens (tertiary/aromatic N) is 5. The highest BCUT2D eigenvalue weighted by atomic mass is 35.5. The molecule has 18 heteroatoms. The summed E-state index contributed by atoms with van der Waals surface area (Å²) in [5.74, 6) is -1.55. The fraction of sp³-hybridized carbons (Fsp3) is 0.273. The molecule has 0 saturated heterocycles. The maximum absolute atomic E-state index is 13.2. The zero-order valence-electron chi connectivity index (χ0n) is 28.5. The van der Waals surface area contributed by atoms with Gasteiger partial charge >= 0.3 is 0 Å². The highest BCUT2D eigenvalue weighted by Gasteiger charge is 2.20. The number of carbonyl (C=O) groups excluding carboxylic acids is 5. The summed E-state index contributed by atoms with van der Waals surface area (Å²) in [6.07, 6.45) is 7.35. The Kier molecular flexibility index (Phi) is 11.0. The Balaban J connectivity index is 1.15. The van der Waals surface area contributed by atoms with Crippen LogP contribution in [-0.4, -0.2) is 79.9 Å². The van der Waals surface area contributed by atoms with E-state index in [-0.39, 0.29) is 28.0 Å². The summed E-state index contributed by atoms with van der Waals surface area (Å²) >= 11 is 5.62. The molecule has 0 spiro atoms. The summed E-state index contributed by atoms with van der Waals surface area (Å²) in [6.45, 7) is 5.89. The number of carbonyl (C=O) groups is 5. The van der Waals surface area contributed by atoms with Crippen molar-refractivity contribution < 1.29 is 24.0 Å². The second-order valence-electron chi connectivity index (χ2n) is 11.8. The van der Waals surface area contributed by atoms with Gasteiger partial charge in [-0.15, -0.1) is 0 Å². The molecule has 51 heavy (non-hydrogen) atoms. The molecule has 4 aromatic rings. The minimum absolute atomic E-state index is 0.192. The van der Waals surface area contributed by atoms with Crippen LogP contribution in [0.5, 0.6) is 0 Å². The number of aromatic nitrogens is 4. The van der Waals surface area contributed by atoms with Crippen LogP contribution in [0.2, 0.25) is 0 Å². The largest absolute Gasteiger partial charge is 0.356 e. The average molecular weight is 719 g/mol. The molecule has 1 aliphatic heterocycles. The molecule has 1 aliphatic rings. The van der Waals surface area contributed by atoms with Crippen molar-refractivity contribution in [3.8, 4) is 0 Å². The first-order chi connectivity index (χ1) is 24.3. The lowest BCUT2D eigenvalue weighted by atomic mass is 10.3. The monoisotopic (exact) mass is 718 g/mol. The van der Waals surface area contributed by atoms with Gasteiger partial charge in [0.05, 0.1) is 27.8 Å². The third kappa shape index (κ3) is 8.87. The van der Waals surface area contributed by atoms with Crippen LogP contribution in [0.1, 0.15) is 48.4 Å². The molecule has 17 nitrogen and oxygen atoms in total. The molecule has 5 amide bonds. The van der Waals surface area contributed by atoms with E-state index in [4.69, 9.17) is 11.6 Å². The van der Waals surface area contributed by atoms with E-state index in [1.165, 1.54) is 22.8 Å². The van der Waals surface area contributed by atoms with Crippen molar-refractivity contribution in [2.45, 2.75) is 6.42 Å². The van der Waals surface area contributed by atoms with Crippen LogP contribution in [-0.2, 0) is 33.0 Å². The fourth-order valence-electron chi connectivity index (χ4n) is 5.32. The van der Waals surface area contributed by atoms with Crippen LogP contribution in [0.4, 0.5) is 22.7 Å². The summed E-state index contributed by atoms with van der Waals surface area (Å²) in [7, 11) is 6.67. The molecule has 0 aliphatic carbocycles. The lowest BCUT2D eigenvalue weighted by molar-refractivity contribution is -0.112. The van der Waals surface area contributed by atoms with Crippen LogP contribution in [0.25, 0.3) is 0 Å². The normalized spacial score (nSPS) is 12.3. The average Bonchev–Trinajstić information content (AvgIpc) is 3.84. The number of halogens is 1. The van der Waals surface area contributed by atoms with Gasteiger partial charge in [0.15, 0.2) is 5.96 Å². The molecule has 0 unspecified atom stereocenters. The van der Waals surface area contributed by atoms with Gasteiger partial charge in [0.25, 0.3) is 29.5 Å². The van der Waals surface area contributed by atoms with Crippen LogP contribution in [0, 0.1) is 0 Å². The summed E-state index contributed by atoms with van der Waals surface area (Å²) in [4.78, 5) is 68.3. The van der Waals surface area contributed by atoms with Gasteiger partial charge < -0.3 is 55.5 Å². The van der Waals surface area contributed by atoms with Crippen molar-refractivity contribution in [1.82, 2.24) is 34.2 Å². The second kappa shape index (κ2) is 15.5. The van der Waals surface area contributed by atoms with Gasteiger partial charge in [0.2, 0.25) is 0 Å². The van der Waals surface area contributed by atoms with Crippen molar-refractivity contribution in [2.75, 3.05) is 47.4 Å². The third-order valence-electron chi connectivity index (χ3n) is 7.83. The predicted octanol–water partition coefficient (Wildman–Crippen LogP) is 2.16. The van der Waals surface area contributed by atoms with E-state index in [1.54, 1.807) is 72.7 Å². The number of hydrogen-bond acceptors (Lipinski definition) is 8. The second-order valence-corrected chi connectivity index (χ2v) is 12.3. The maximum Gasteiger partial charge on any atom is 0.272 e. The predicted molar refractivity (Wildman–Crippen MR) is 194 cm³/mol. The van der Waals surface area contributed by atoms with E-state index in [1.807, 2.05) is 0 Å². The number of amides is 5. The Bertz CT molecular complexity index is 2050. The quantitative estimate of drug-likeness (QED) is 0.0859. The van der Waals surface area contributed by atoms with E-state index in [0.29, 0.717) is 41.5 Å². The lowest BCUT2D eigenvalue weighted by Gasteiger charge is -2.16. The Labute approximate surface area is 298 Å². The molecule has 5 rings (SSSR count). The van der Waals surface area contributed by atoms with Gasteiger partial charge in [0.1, 0.15) is 22.8 Å². The Hall–Kier alpha value is -6.23. The number of anilines is 4. The zero-order valence-corrected chi connectivity index (χ0v) is 29.3. The number of rotatable bonds is 12. The molecule has 0 bridgehead atoms. The molecule has 268 valence electrons. The first-order valence-corrected chi connectivity index (χ1v) is 16.2. The van der Waals surface area contributed by atoms with Gasteiger partial charge in [0, 0.05) is 79.2 Å². The first-order valence-electron chi connectivity index (χ1n) is 15.8. The minimum Gasteiger partial charge on any atom is -0.356 e. The van der Waals surface area contributed by atoms with E-state index >= 15 is 0 Å². The zero-order chi connectivity index (χ0) is 36.8. The van der Waals surface area contributed by atoms with Crippen LogP contribution < -0.4 is 37.2 Å². The van der Waals surface area contributed by atoms with Crippen LogP contribution >= 0.6 is 11.6 Å². The first kappa shape index (κ1) is 36.1. The standard InChI is InChI=1S/C33H39ClN12O5/c1-19(34)28(47)39-20-12-25(44(3)15-20)30(49)41-22-14-27(46(5)17-22)32(51)42-23-13-26(45(4)18-23)31(50)40-21-11-24(43(2)16-21)29(48)35-9-10-38-33-36-7-6-8-37-33/h11-18H,1,6-10H2,2-5H3,(H,35,48)(H,39,47)(H,40,50)(H,41,49)(H,42,51)(H2,36,37,38). The molecule has 0 atom stereocenters. The smallest absolute Gasteiger partial charge is 0.272 e. The number of aliphatic imine (C=N–C) groups is 1. The fourth-order valence-corrected chi connectivity index (χ4v) is 5.36. The van der Waals surface area contributed by atoms with Crippen LogP contribution in [0.3, 0.4) is 0 Å². The molecule has 5 heterocycles. The molecular weight excluding hydrogens is 680 g/mol. The van der Waals surface area contributed by atoms with E-state index in [0.717, 1.165) is 25.5 Å². The van der Waals surface area contributed by atoms with Gasteiger partial charge in [-0.3, -0.25) is 29.0 Å². The van der Waals surface area contributed by atoms with Crippen molar-refractivity contribution in [2.24, 2.45) is 33.2 Å². The van der Waals surface area contributed by atoms with Crippen molar-refractivity contribution >= 4 is 69.8 Å². The van der Waals surface area contributed by atoms with Crippen molar-refractivity contribution in [1.29, 1.82) is 0 Å². The highest BCUT2D eigenvalue weighted by Crippen LogP contribution is 2.21. The Morgan fingerprint density at radius 3 is 1.49 bits per heavy atom. The summed E-state index contributed by atoms with van der Waals surface area (Å²) in [5.41, 5.74) is 2.63. The minimum atomic E-state index is -0.589. The molecule has 0 saturated carbocycles. The molecule has 0 radical (unpaired) electrons. The Morgan fingerprint density at radius 2 is 1.10 bits per heavy atom. The lowest BCUT2D eigenvalue weighted by Crippen LogP contribution is -2.43. The van der Waals surface area contributed by atoms with E-state index < -0.39 is 23.6 Å². The summed E-state index contributed by atoms with van der Waals surface area (Å²) in [6, 6.07) is 6.10. The third-order valence-corrected chi connectivity index (χ3v) is 8.00. The summed E-state index contributed by atoms with van der Waals surface area (Å²) < 4.78 is 6.26. The van der Waals surface area contributed by atoms with Crippen LogP contribution in [0.15, 0.2) is 65.7 Å². The highest BCUT2D eigenvalue weighted by molar-refractivity contribution is 6.43. The maximum atomic E-state index is 13.2. The SMILES string of the molecule is C=C(Cl)C(=O)Nc1cc(C(=O)Nc2cc(C(=O)Nc3cc(C(=O)Nc4cc(C(=O)NCCNC5=NCCCN5)n(C)c4)n(C)c3)n(C)c2)n(C)c1. The van der Waals surface area contributed by atoms with E-state index in [9.17, 15) is 24.0 Å². The van der Waals surface area contributed by atoms with Gasteiger partial charge in [-0.2, -0.15) is 0 Å². The number of aryl methyl sites for hydroxylation is 4. The summed E-state index contributed by atoms with van der Waals surface area (Å²) in [5, 5.41) is 19.8. The van der Waals surface area contributed by atoms with Gasteiger partial charge in [-0.05, 0) is 30.7 Å². The van der Waals surface area contributed by atoms with E-state index in [2.05, 4.69) is 48.8 Å². The number of nitrogens with one attached hydrogen (secondary N) is 7.